The number of aryl methyl sites for hydroxylation is 2. The summed E-state index contributed by atoms with van der Waals surface area (Å²) in [6, 6.07) is 5.62. The molecule has 0 aromatic carbocycles. The molecule has 22 heavy (non-hydrogen) atoms. The first kappa shape index (κ1) is 14.8. The van der Waals surface area contributed by atoms with Crippen molar-refractivity contribution >= 4 is 28.1 Å². The molecule has 7 heteroatoms. The Bertz CT molecular complexity index is 952. The number of thiazole rings is 1. The van der Waals surface area contributed by atoms with Crippen LogP contribution in [0.15, 0.2) is 33.5 Å². The van der Waals surface area contributed by atoms with Crippen molar-refractivity contribution in [3.8, 4) is 6.07 Å². The van der Waals surface area contributed by atoms with Crippen molar-refractivity contribution in [3.63, 3.8) is 0 Å². The highest BCUT2D eigenvalue weighted by Crippen LogP contribution is 2.26. The van der Waals surface area contributed by atoms with E-state index in [-0.39, 0.29) is 5.56 Å². The third kappa shape index (κ3) is 2.75. The lowest BCUT2D eigenvalue weighted by molar-refractivity contribution is 1.02. The zero-order valence-electron chi connectivity index (χ0n) is 12.0. The second-order valence-corrected chi connectivity index (χ2v) is 6.64. The summed E-state index contributed by atoms with van der Waals surface area (Å²) in [4.78, 5) is 21.5. The Kier molecular flexibility index (Phi) is 3.96. The molecule has 5 nitrogen and oxygen atoms in total. The van der Waals surface area contributed by atoms with Gasteiger partial charge in [0.25, 0.3) is 5.56 Å². The highest BCUT2D eigenvalue weighted by Gasteiger charge is 2.11. The Labute approximate surface area is 135 Å². The summed E-state index contributed by atoms with van der Waals surface area (Å²) in [5, 5.41) is 11.8. The van der Waals surface area contributed by atoms with Gasteiger partial charge in [-0.15, -0.1) is 11.3 Å². The SMILES string of the molecule is Cc1cc(C)c(C#N)c(SCc2cc(=O)n3ccsc3n2)n1. The van der Waals surface area contributed by atoms with Gasteiger partial charge in [0.2, 0.25) is 0 Å². The Morgan fingerprint density at radius 3 is 2.95 bits per heavy atom. The van der Waals surface area contributed by atoms with Gasteiger partial charge >= 0.3 is 0 Å². The van der Waals surface area contributed by atoms with E-state index < -0.39 is 0 Å². The van der Waals surface area contributed by atoms with Crippen molar-refractivity contribution in [2.75, 3.05) is 0 Å². The Morgan fingerprint density at radius 2 is 2.18 bits per heavy atom. The van der Waals surface area contributed by atoms with Crippen molar-refractivity contribution < 1.29 is 0 Å². The molecule has 110 valence electrons. The van der Waals surface area contributed by atoms with E-state index in [1.807, 2.05) is 25.3 Å². The molecule has 0 saturated heterocycles. The van der Waals surface area contributed by atoms with Gasteiger partial charge in [-0.25, -0.2) is 9.97 Å². The van der Waals surface area contributed by atoms with Crippen molar-refractivity contribution in [3.05, 3.63) is 56.6 Å². The largest absolute Gasteiger partial charge is 0.269 e. The molecule has 0 aliphatic rings. The monoisotopic (exact) mass is 328 g/mol. The van der Waals surface area contributed by atoms with Crippen LogP contribution in [-0.2, 0) is 5.75 Å². The fraction of sp³-hybridized carbons (Fsp3) is 0.200. The minimum atomic E-state index is -0.0873. The fourth-order valence-corrected chi connectivity index (χ4v) is 3.88. The first-order chi connectivity index (χ1) is 10.6. The van der Waals surface area contributed by atoms with E-state index in [2.05, 4.69) is 16.0 Å². The minimum absolute atomic E-state index is 0.0873. The first-order valence-corrected chi connectivity index (χ1v) is 8.42. The van der Waals surface area contributed by atoms with Gasteiger partial charge in [0.15, 0.2) is 4.96 Å². The zero-order chi connectivity index (χ0) is 15.7. The standard InChI is InChI=1S/C15H12N4OS2/c1-9-5-10(2)17-14(12(9)7-16)22-8-11-6-13(20)19-3-4-21-15(19)18-11/h3-6H,8H2,1-2H3. The quantitative estimate of drug-likeness (QED) is 0.691. The number of hydrogen-bond donors (Lipinski definition) is 0. The number of fused-ring (bicyclic) bond motifs is 1. The summed E-state index contributed by atoms with van der Waals surface area (Å²) in [6.07, 6.45) is 1.71. The van der Waals surface area contributed by atoms with Gasteiger partial charge in [0, 0.05) is 29.1 Å². The fourth-order valence-electron chi connectivity index (χ4n) is 2.15. The molecule has 0 unspecified atom stereocenters. The molecule has 0 saturated carbocycles. The zero-order valence-corrected chi connectivity index (χ0v) is 13.7. The van der Waals surface area contributed by atoms with Crippen LogP contribution in [0, 0.1) is 25.2 Å². The van der Waals surface area contributed by atoms with Crippen LogP contribution in [0.2, 0.25) is 0 Å². The van der Waals surface area contributed by atoms with E-state index in [0.29, 0.717) is 27.0 Å². The van der Waals surface area contributed by atoms with Crippen LogP contribution in [0.25, 0.3) is 4.96 Å². The van der Waals surface area contributed by atoms with Gasteiger partial charge in [-0.05, 0) is 25.5 Å². The average Bonchev–Trinajstić information content (AvgIpc) is 2.93. The van der Waals surface area contributed by atoms with Gasteiger partial charge in [-0.3, -0.25) is 9.20 Å². The molecule has 0 fully saturated rings. The van der Waals surface area contributed by atoms with E-state index >= 15 is 0 Å². The Hall–Kier alpha value is -2.17. The maximum Gasteiger partial charge on any atom is 0.258 e. The number of nitriles is 1. The van der Waals surface area contributed by atoms with Crippen LogP contribution in [-0.4, -0.2) is 14.4 Å². The molecule has 3 aromatic heterocycles. The normalized spacial score (nSPS) is 10.8. The summed E-state index contributed by atoms with van der Waals surface area (Å²) in [6.45, 7) is 3.81. The van der Waals surface area contributed by atoms with Crippen LogP contribution in [0.4, 0.5) is 0 Å². The predicted octanol–water partition coefficient (Wildman–Crippen LogP) is 2.93. The third-order valence-corrected chi connectivity index (χ3v) is 4.90. The van der Waals surface area contributed by atoms with Gasteiger partial charge < -0.3 is 0 Å². The number of rotatable bonds is 3. The number of aromatic nitrogens is 3. The topological polar surface area (TPSA) is 71.0 Å². The van der Waals surface area contributed by atoms with Crippen molar-refractivity contribution in [2.45, 2.75) is 24.6 Å². The van der Waals surface area contributed by atoms with Gasteiger partial charge in [0.05, 0.1) is 11.3 Å². The molecule has 0 spiro atoms. The van der Waals surface area contributed by atoms with Crippen molar-refractivity contribution in [1.82, 2.24) is 14.4 Å². The smallest absolute Gasteiger partial charge is 0.258 e. The first-order valence-electron chi connectivity index (χ1n) is 6.55. The maximum atomic E-state index is 12.0. The van der Waals surface area contributed by atoms with Crippen LogP contribution in [0.3, 0.4) is 0 Å². The molecule has 3 rings (SSSR count). The third-order valence-electron chi connectivity index (χ3n) is 3.14. The molecule has 0 amide bonds. The molecule has 3 aromatic rings. The van der Waals surface area contributed by atoms with Crippen LogP contribution in [0.5, 0.6) is 0 Å². The van der Waals surface area contributed by atoms with Crippen LogP contribution >= 0.6 is 23.1 Å². The minimum Gasteiger partial charge on any atom is -0.269 e. The van der Waals surface area contributed by atoms with Gasteiger partial charge in [-0.2, -0.15) is 5.26 Å². The molecular formula is C15H12N4OS2. The lowest BCUT2D eigenvalue weighted by atomic mass is 10.1. The van der Waals surface area contributed by atoms with E-state index in [0.717, 1.165) is 11.3 Å². The molecule has 0 atom stereocenters. The van der Waals surface area contributed by atoms with Crippen LogP contribution < -0.4 is 5.56 Å². The summed E-state index contributed by atoms with van der Waals surface area (Å²) in [5.41, 5.74) is 2.99. The van der Waals surface area contributed by atoms with E-state index in [9.17, 15) is 10.1 Å². The molecule has 3 heterocycles. The lowest BCUT2D eigenvalue weighted by Crippen LogP contribution is -2.12. The number of nitrogens with zero attached hydrogens (tertiary/aromatic N) is 4. The Balaban J connectivity index is 1.91. The van der Waals surface area contributed by atoms with Gasteiger partial charge in [0.1, 0.15) is 11.1 Å². The number of pyridine rings is 1. The molecule has 0 aliphatic carbocycles. The van der Waals surface area contributed by atoms with E-state index in [4.69, 9.17) is 0 Å². The number of thioether (sulfide) groups is 1. The van der Waals surface area contributed by atoms with Crippen molar-refractivity contribution in [2.24, 2.45) is 0 Å². The summed E-state index contributed by atoms with van der Waals surface area (Å²) in [7, 11) is 0. The highest BCUT2D eigenvalue weighted by atomic mass is 32.2. The molecule has 0 N–H and O–H groups in total. The van der Waals surface area contributed by atoms with E-state index in [1.54, 1.807) is 6.20 Å². The van der Waals surface area contributed by atoms with Crippen molar-refractivity contribution in [1.29, 1.82) is 5.26 Å². The average molecular weight is 328 g/mol. The summed E-state index contributed by atoms with van der Waals surface area (Å²) in [5.74, 6) is 0.508. The predicted molar refractivity (Wildman–Crippen MR) is 87.3 cm³/mol. The maximum absolute atomic E-state index is 12.0. The molecule has 0 radical (unpaired) electrons. The van der Waals surface area contributed by atoms with Crippen LogP contribution in [0.1, 0.15) is 22.5 Å². The molecule has 0 bridgehead atoms. The second-order valence-electron chi connectivity index (χ2n) is 4.80. The summed E-state index contributed by atoms with van der Waals surface area (Å²) < 4.78 is 1.52. The molecular weight excluding hydrogens is 316 g/mol. The Morgan fingerprint density at radius 1 is 1.36 bits per heavy atom. The van der Waals surface area contributed by atoms with Gasteiger partial charge in [-0.1, -0.05) is 11.8 Å². The summed E-state index contributed by atoms with van der Waals surface area (Å²) >= 11 is 2.86. The highest BCUT2D eigenvalue weighted by molar-refractivity contribution is 7.98. The lowest BCUT2D eigenvalue weighted by Gasteiger charge is -2.07. The number of hydrogen-bond acceptors (Lipinski definition) is 6. The second kappa shape index (κ2) is 5.91. The molecule has 0 aliphatic heterocycles. The van der Waals surface area contributed by atoms with E-state index in [1.165, 1.54) is 33.6 Å².